The molecule has 0 aromatic heterocycles. The summed E-state index contributed by atoms with van der Waals surface area (Å²) < 4.78 is 5.52. The van der Waals surface area contributed by atoms with Gasteiger partial charge in [0.05, 0.1) is 18.2 Å². The molecule has 0 aromatic rings. The van der Waals surface area contributed by atoms with Gasteiger partial charge in [0.15, 0.2) is 0 Å². The highest BCUT2D eigenvalue weighted by atomic mass is 16.5. The predicted octanol–water partition coefficient (Wildman–Crippen LogP) is 0.729. The van der Waals surface area contributed by atoms with Gasteiger partial charge in [-0.25, -0.2) is 0 Å². The maximum absolute atomic E-state index is 11.6. The molecule has 112 valence electrons. The summed E-state index contributed by atoms with van der Waals surface area (Å²) in [7, 11) is 2.04. The topological polar surface area (TPSA) is 67.6 Å². The average Bonchev–Trinajstić information content (AvgIpc) is 3.09. The van der Waals surface area contributed by atoms with Crippen LogP contribution in [0.15, 0.2) is 0 Å². The molecular weight excluding hydrogens is 242 g/mol. The van der Waals surface area contributed by atoms with Gasteiger partial charge in [0.2, 0.25) is 5.91 Å². The highest BCUT2D eigenvalue weighted by Gasteiger charge is 2.36. The lowest BCUT2D eigenvalue weighted by atomic mass is 9.96. The first kappa shape index (κ1) is 16.4. The zero-order chi connectivity index (χ0) is 14.5. The van der Waals surface area contributed by atoms with Crippen molar-refractivity contribution in [3.05, 3.63) is 0 Å². The van der Waals surface area contributed by atoms with Gasteiger partial charge in [-0.1, -0.05) is 0 Å². The van der Waals surface area contributed by atoms with Crippen LogP contribution < -0.4 is 11.1 Å². The van der Waals surface area contributed by atoms with E-state index in [1.807, 2.05) is 27.8 Å². The van der Waals surface area contributed by atoms with E-state index in [0.717, 1.165) is 39.0 Å². The van der Waals surface area contributed by atoms with Crippen LogP contribution in [0.3, 0.4) is 0 Å². The number of carbonyl (C=O) groups excluding carboxylic acids is 1. The number of amides is 1. The number of nitrogens with two attached hydrogens (primary N) is 1. The van der Waals surface area contributed by atoms with Crippen LogP contribution in [0, 0.1) is 0 Å². The molecule has 0 radical (unpaired) electrons. The number of hydrogen-bond acceptors (Lipinski definition) is 4. The molecule has 0 saturated heterocycles. The minimum absolute atomic E-state index is 0.258. The molecule has 19 heavy (non-hydrogen) atoms. The molecule has 1 amide bonds. The van der Waals surface area contributed by atoms with Crippen LogP contribution in [0.5, 0.6) is 0 Å². The fourth-order valence-corrected chi connectivity index (χ4v) is 1.92. The van der Waals surface area contributed by atoms with Gasteiger partial charge in [-0.3, -0.25) is 4.79 Å². The van der Waals surface area contributed by atoms with E-state index in [4.69, 9.17) is 10.5 Å². The van der Waals surface area contributed by atoms with E-state index in [2.05, 4.69) is 10.2 Å². The number of likely N-dealkylation sites (N-methyl/N-ethyl adjacent to an activating group) is 1. The lowest BCUT2D eigenvalue weighted by Gasteiger charge is -2.30. The van der Waals surface area contributed by atoms with Crippen molar-refractivity contribution >= 4 is 5.91 Å². The molecule has 1 rings (SSSR count). The molecular formula is C14H29N3O2. The summed E-state index contributed by atoms with van der Waals surface area (Å²) in [5.41, 5.74) is 4.94. The smallest absolute Gasteiger partial charge is 0.237 e. The van der Waals surface area contributed by atoms with E-state index < -0.39 is 5.54 Å². The van der Waals surface area contributed by atoms with Crippen molar-refractivity contribution in [1.29, 1.82) is 0 Å². The molecule has 1 fully saturated rings. The van der Waals surface area contributed by atoms with Crippen LogP contribution in [-0.4, -0.2) is 55.2 Å². The van der Waals surface area contributed by atoms with Gasteiger partial charge in [-0.05, 0) is 47.1 Å². The van der Waals surface area contributed by atoms with Crippen molar-refractivity contribution in [2.24, 2.45) is 5.73 Å². The molecule has 1 unspecified atom stereocenters. The minimum Gasteiger partial charge on any atom is -0.377 e. The zero-order valence-electron chi connectivity index (χ0n) is 12.7. The second kappa shape index (κ2) is 7.22. The molecule has 1 atom stereocenters. The summed E-state index contributed by atoms with van der Waals surface area (Å²) in [5, 5.41) is 3.36. The molecule has 3 N–H and O–H groups in total. The first-order valence-electron chi connectivity index (χ1n) is 7.21. The Morgan fingerprint density at radius 1 is 1.47 bits per heavy atom. The number of nitrogens with one attached hydrogen (secondary N) is 1. The second-order valence-electron chi connectivity index (χ2n) is 6.09. The number of hydrogen-bond donors (Lipinski definition) is 2. The Morgan fingerprint density at radius 2 is 2.11 bits per heavy atom. The molecule has 0 bridgehead atoms. The van der Waals surface area contributed by atoms with Crippen molar-refractivity contribution in [2.75, 3.05) is 26.7 Å². The Hall–Kier alpha value is -0.650. The molecule has 0 heterocycles. The summed E-state index contributed by atoms with van der Waals surface area (Å²) in [4.78, 5) is 13.8. The SMILES string of the molecule is CC(C)OCCN(C)CCC(C)(NC1CC1)C(N)=O. The van der Waals surface area contributed by atoms with Gasteiger partial charge in [0.25, 0.3) is 0 Å². The third kappa shape index (κ3) is 6.36. The lowest BCUT2D eigenvalue weighted by molar-refractivity contribution is -0.124. The number of ether oxygens (including phenoxy) is 1. The van der Waals surface area contributed by atoms with Crippen molar-refractivity contribution in [3.8, 4) is 0 Å². The standard InChI is InChI=1S/C14H29N3O2/c1-11(2)19-10-9-17(4)8-7-14(3,13(15)18)16-12-5-6-12/h11-12,16H,5-10H2,1-4H3,(H2,15,18). The molecule has 1 aliphatic carbocycles. The molecule has 0 aliphatic heterocycles. The molecule has 1 aliphatic rings. The van der Waals surface area contributed by atoms with Crippen LogP contribution >= 0.6 is 0 Å². The maximum atomic E-state index is 11.6. The fraction of sp³-hybridized carbons (Fsp3) is 0.929. The number of rotatable bonds is 10. The lowest BCUT2D eigenvalue weighted by Crippen LogP contribution is -2.55. The molecule has 0 aromatic carbocycles. The third-order valence-corrected chi connectivity index (χ3v) is 3.56. The quantitative estimate of drug-likeness (QED) is 0.615. The van der Waals surface area contributed by atoms with Crippen molar-refractivity contribution in [1.82, 2.24) is 10.2 Å². The fourth-order valence-electron chi connectivity index (χ4n) is 1.92. The van der Waals surface area contributed by atoms with E-state index in [1.165, 1.54) is 0 Å². The summed E-state index contributed by atoms with van der Waals surface area (Å²) in [6, 6.07) is 0.479. The van der Waals surface area contributed by atoms with Gasteiger partial charge >= 0.3 is 0 Å². The van der Waals surface area contributed by atoms with E-state index >= 15 is 0 Å². The van der Waals surface area contributed by atoms with Crippen LogP contribution in [0.4, 0.5) is 0 Å². The van der Waals surface area contributed by atoms with Crippen LogP contribution in [0.1, 0.15) is 40.0 Å². The van der Waals surface area contributed by atoms with Crippen molar-refractivity contribution in [2.45, 2.75) is 57.7 Å². The van der Waals surface area contributed by atoms with Crippen LogP contribution in [0.25, 0.3) is 0 Å². The Balaban J connectivity index is 2.28. The summed E-state index contributed by atoms with van der Waals surface area (Å²) in [5.74, 6) is -0.258. The van der Waals surface area contributed by atoms with E-state index in [-0.39, 0.29) is 12.0 Å². The highest BCUT2D eigenvalue weighted by molar-refractivity contribution is 5.84. The average molecular weight is 271 g/mol. The first-order chi connectivity index (χ1) is 8.83. The van der Waals surface area contributed by atoms with Gasteiger partial charge in [0, 0.05) is 19.1 Å². The Labute approximate surface area is 116 Å². The van der Waals surface area contributed by atoms with Crippen LogP contribution in [-0.2, 0) is 9.53 Å². The molecule has 0 spiro atoms. The van der Waals surface area contributed by atoms with E-state index in [0.29, 0.717) is 6.04 Å². The maximum Gasteiger partial charge on any atom is 0.237 e. The normalized spacial score (nSPS) is 18.8. The Morgan fingerprint density at radius 3 is 2.58 bits per heavy atom. The van der Waals surface area contributed by atoms with Gasteiger partial charge in [0.1, 0.15) is 0 Å². The van der Waals surface area contributed by atoms with Crippen molar-refractivity contribution in [3.63, 3.8) is 0 Å². The highest BCUT2D eigenvalue weighted by Crippen LogP contribution is 2.24. The summed E-state index contributed by atoms with van der Waals surface area (Å²) in [6.45, 7) is 8.40. The predicted molar refractivity (Wildman–Crippen MR) is 77.0 cm³/mol. The van der Waals surface area contributed by atoms with E-state index in [9.17, 15) is 4.79 Å². The third-order valence-electron chi connectivity index (χ3n) is 3.56. The van der Waals surface area contributed by atoms with Gasteiger partial charge in [-0.2, -0.15) is 0 Å². The van der Waals surface area contributed by atoms with Crippen molar-refractivity contribution < 1.29 is 9.53 Å². The second-order valence-corrected chi connectivity index (χ2v) is 6.09. The van der Waals surface area contributed by atoms with Gasteiger partial charge < -0.3 is 20.7 Å². The molecule has 5 nitrogen and oxygen atoms in total. The number of primary amides is 1. The first-order valence-corrected chi connectivity index (χ1v) is 7.21. The Bertz CT molecular complexity index is 292. The Kier molecular flexibility index (Phi) is 6.23. The largest absolute Gasteiger partial charge is 0.377 e. The minimum atomic E-state index is -0.589. The summed E-state index contributed by atoms with van der Waals surface area (Å²) >= 11 is 0. The zero-order valence-corrected chi connectivity index (χ0v) is 12.7. The molecule has 5 heteroatoms. The summed E-state index contributed by atoms with van der Waals surface area (Å²) in [6.07, 6.45) is 3.31. The van der Waals surface area contributed by atoms with Crippen LogP contribution in [0.2, 0.25) is 0 Å². The molecule has 1 saturated carbocycles. The number of nitrogens with zero attached hydrogens (tertiary/aromatic N) is 1. The van der Waals surface area contributed by atoms with Gasteiger partial charge in [-0.15, -0.1) is 0 Å². The van der Waals surface area contributed by atoms with E-state index in [1.54, 1.807) is 0 Å². The monoisotopic (exact) mass is 271 g/mol. The number of carbonyl (C=O) groups is 1.